The fourth-order valence-electron chi connectivity index (χ4n) is 8.16. The maximum atomic E-state index is 3.96. The lowest BCUT2D eigenvalue weighted by atomic mass is 9.87. The van der Waals surface area contributed by atoms with Gasteiger partial charge < -0.3 is 15.3 Å². The Bertz CT molecular complexity index is 2170. The van der Waals surface area contributed by atoms with Crippen molar-refractivity contribution in [3.05, 3.63) is 148 Å². The van der Waals surface area contributed by atoms with Crippen LogP contribution in [0, 0.1) is 49.4 Å². The van der Waals surface area contributed by atoms with E-state index < -0.39 is 0 Å². The number of H-pyrrole nitrogens is 2. The summed E-state index contributed by atoms with van der Waals surface area (Å²) in [7, 11) is 0. The Hall–Kier alpha value is -4.50. The van der Waals surface area contributed by atoms with E-state index in [-0.39, 0.29) is 0 Å². The number of anilines is 1. The Kier molecular flexibility index (Phi) is 14.8. The van der Waals surface area contributed by atoms with Crippen molar-refractivity contribution < 1.29 is 0 Å². The minimum Gasteiger partial charge on any atom is -0.361 e. The zero-order chi connectivity index (χ0) is 43.2. The van der Waals surface area contributed by atoms with E-state index in [0.717, 1.165) is 37.8 Å². The molecule has 0 atom stereocenters. The van der Waals surface area contributed by atoms with Crippen molar-refractivity contribution >= 4 is 27.5 Å². The minimum absolute atomic E-state index is 0.351. The van der Waals surface area contributed by atoms with E-state index in [1.54, 1.807) is 0 Å². The summed E-state index contributed by atoms with van der Waals surface area (Å²) in [5.74, 6) is 0. The summed E-state index contributed by atoms with van der Waals surface area (Å²) in [5, 5.41) is 5.99. The molecule has 6 aromatic rings. The van der Waals surface area contributed by atoms with Crippen molar-refractivity contribution in [3.63, 3.8) is 0 Å². The third-order valence-corrected chi connectivity index (χ3v) is 9.94. The lowest BCUT2D eigenvalue weighted by Crippen LogP contribution is -2.09. The van der Waals surface area contributed by atoms with Crippen LogP contribution in [0.15, 0.2) is 97.5 Å². The van der Waals surface area contributed by atoms with Crippen LogP contribution in [0.25, 0.3) is 21.8 Å². The third kappa shape index (κ3) is 15.3. The van der Waals surface area contributed by atoms with Crippen molar-refractivity contribution in [3.8, 4) is 0 Å². The first-order valence-electron chi connectivity index (χ1n) is 21.5. The first-order chi connectivity index (χ1) is 26.7. The molecule has 4 aromatic carbocycles. The van der Waals surface area contributed by atoms with Crippen LogP contribution in [0.5, 0.6) is 0 Å². The molecule has 0 bridgehead atoms. The molecule has 312 valence electrons. The van der Waals surface area contributed by atoms with E-state index in [2.05, 4.69) is 205 Å². The van der Waals surface area contributed by atoms with Gasteiger partial charge in [-0.15, -0.1) is 0 Å². The highest BCUT2D eigenvalue weighted by Gasteiger charge is 2.17. The molecule has 3 heteroatoms. The van der Waals surface area contributed by atoms with Gasteiger partial charge in [0.15, 0.2) is 0 Å². The summed E-state index contributed by atoms with van der Waals surface area (Å²) in [6, 6.07) is 27.0. The molecule has 3 N–H and O–H groups in total. The van der Waals surface area contributed by atoms with Gasteiger partial charge in [0.1, 0.15) is 0 Å². The molecule has 0 spiro atoms. The van der Waals surface area contributed by atoms with Gasteiger partial charge in [-0.1, -0.05) is 143 Å². The van der Waals surface area contributed by atoms with Gasteiger partial charge in [0.25, 0.3) is 0 Å². The molecular formula is C55H77N3. The fourth-order valence-corrected chi connectivity index (χ4v) is 8.16. The Balaban J connectivity index is 0.000000171. The minimum atomic E-state index is 0.351. The third-order valence-electron chi connectivity index (χ3n) is 9.94. The Morgan fingerprint density at radius 3 is 1.28 bits per heavy atom. The monoisotopic (exact) mass is 780 g/mol. The molecular weight excluding hydrogens is 703 g/mol. The molecule has 3 heterocycles. The van der Waals surface area contributed by atoms with Crippen molar-refractivity contribution in [2.24, 2.45) is 21.7 Å². The Labute approximate surface area is 353 Å². The van der Waals surface area contributed by atoms with Gasteiger partial charge in [-0.2, -0.15) is 0 Å². The largest absolute Gasteiger partial charge is 0.361 e. The summed E-state index contributed by atoms with van der Waals surface area (Å²) < 4.78 is 0. The number of rotatable bonds is 4. The van der Waals surface area contributed by atoms with Gasteiger partial charge >= 0.3 is 0 Å². The van der Waals surface area contributed by atoms with Crippen LogP contribution in [0.4, 0.5) is 5.69 Å². The number of aromatic amines is 2. The lowest BCUT2D eigenvalue weighted by Gasteiger charge is -2.18. The zero-order valence-corrected chi connectivity index (χ0v) is 39.3. The normalized spacial score (nSPS) is 12.9. The van der Waals surface area contributed by atoms with E-state index in [0.29, 0.717) is 21.7 Å². The molecule has 0 aliphatic carbocycles. The standard InChI is InChI=1S/3C14H19N.C13H20/c2*1-10-7-11(9-14(2,3)4)8-12-5-6-15-13(10)12;1-10-7-12-6-5-11(8-13(12)15-10)9-14(2,3)4;1-10-6-11(2)8-12(7-10)9-13(3,4)5/h2*5-8,15H,9H2,1-4H3;5-6,8,15H,1,7,9H2,2-4H3;6-8H,9H2,1-5H3. The highest BCUT2D eigenvalue weighted by atomic mass is 14.9. The smallest absolute Gasteiger partial charge is 0.0483 e. The highest BCUT2D eigenvalue weighted by molar-refractivity contribution is 5.84. The maximum Gasteiger partial charge on any atom is 0.0483 e. The van der Waals surface area contributed by atoms with Crippen LogP contribution in [0.3, 0.4) is 0 Å². The SMILES string of the molecule is C=C1Cc2ccc(CC(C)(C)C)cc2N1.Cc1cc(C)cc(CC(C)(C)C)c1.Cc1cc(CC(C)(C)C)cc2cc[nH]c12.Cc1cc(CC(C)(C)C)cc2cc[nH]c12. The summed E-state index contributed by atoms with van der Waals surface area (Å²) in [5.41, 5.74) is 18.9. The average molecular weight is 780 g/mol. The quantitative estimate of drug-likeness (QED) is 0.164. The number of fused-ring (bicyclic) bond motifs is 3. The molecule has 0 fully saturated rings. The van der Waals surface area contributed by atoms with Gasteiger partial charge in [-0.3, -0.25) is 0 Å². The second-order valence-electron chi connectivity index (χ2n) is 22.1. The van der Waals surface area contributed by atoms with Crippen molar-refractivity contribution in [2.45, 2.75) is 143 Å². The number of nitrogens with one attached hydrogen (secondary N) is 3. The Morgan fingerprint density at radius 2 is 0.862 bits per heavy atom. The van der Waals surface area contributed by atoms with Crippen molar-refractivity contribution in [2.75, 3.05) is 5.32 Å². The van der Waals surface area contributed by atoms with Crippen LogP contribution >= 0.6 is 0 Å². The Morgan fingerprint density at radius 1 is 0.466 bits per heavy atom. The molecule has 0 radical (unpaired) electrons. The van der Waals surface area contributed by atoms with Crippen LogP contribution in [-0.4, -0.2) is 9.97 Å². The van der Waals surface area contributed by atoms with Gasteiger partial charge in [0.2, 0.25) is 0 Å². The number of allylic oxidation sites excluding steroid dienone is 1. The van der Waals surface area contributed by atoms with Crippen LogP contribution in [0.1, 0.15) is 133 Å². The van der Waals surface area contributed by atoms with E-state index in [1.807, 2.05) is 12.4 Å². The average Bonchev–Trinajstić information content (AvgIpc) is 3.78. The zero-order valence-electron chi connectivity index (χ0n) is 39.3. The second kappa shape index (κ2) is 18.6. The highest BCUT2D eigenvalue weighted by Crippen LogP contribution is 2.31. The number of benzene rings is 4. The molecule has 1 aliphatic rings. The van der Waals surface area contributed by atoms with Crippen LogP contribution in [0.2, 0.25) is 0 Å². The van der Waals surface area contributed by atoms with Crippen molar-refractivity contribution in [1.29, 1.82) is 0 Å². The number of hydrogen-bond donors (Lipinski definition) is 3. The first-order valence-corrected chi connectivity index (χ1v) is 21.5. The molecule has 58 heavy (non-hydrogen) atoms. The summed E-state index contributed by atoms with van der Waals surface area (Å²) >= 11 is 0. The first kappa shape index (κ1) is 46.2. The number of aromatic nitrogens is 2. The van der Waals surface area contributed by atoms with E-state index >= 15 is 0 Å². The van der Waals surface area contributed by atoms with Gasteiger partial charge in [0, 0.05) is 41.2 Å². The molecule has 2 aromatic heterocycles. The van der Waals surface area contributed by atoms with Gasteiger partial charge in [-0.25, -0.2) is 0 Å². The van der Waals surface area contributed by atoms with E-state index in [4.69, 9.17) is 0 Å². The molecule has 0 amide bonds. The van der Waals surface area contributed by atoms with Gasteiger partial charge in [0.05, 0.1) is 0 Å². The van der Waals surface area contributed by atoms with Crippen LogP contribution in [-0.2, 0) is 32.1 Å². The van der Waals surface area contributed by atoms with Crippen molar-refractivity contribution in [1.82, 2.24) is 9.97 Å². The number of aryl methyl sites for hydroxylation is 4. The lowest BCUT2D eigenvalue weighted by molar-refractivity contribution is 0.411. The molecule has 0 unspecified atom stereocenters. The predicted molar refractivity (Wildman–Crippen MR) is 258 cm³/mol. The molecule has 3 nitrogen and oxygen atoms in total. The fraction of sp³-hybridized carbons (Fsp3) is 0.455. The van der Waals surface area contributed by atoms with Gasteiger partial charge in [-0.05, 0) is 155 Å². The maximum absolute atomic E-state index is 3.96. The summed E-state index contributed by atoms with van der Waals surface area (Å²) in [4.78, 5) is 6.56. The van der Waals surface area contributed by atoms with Crippen LogP contribution < -0.4 is 5.32 Å². The molecule has 0 saturated heterocycles. The van der Waals surface area contributed by atoms with E-state index in [1.165, 1.54) is 77.6 Å². The molecule has 0 saturated carbocycles. The number of hydrogen-bond acceptors (Lipinski definition) is 1. The second-order valence-corrected chi connectivity index (χ2v) is 22.1. The topological polar surface area (TPSA) is 43.6 Å². The molecule has 1 aliphatic heterocycles. The summed E-state index contributed by atoms with van der Waals surface area (Å²) in [6.45, 7) is 40.0. The predicted octanol–water partition coefficient (Wildman–Crippen LogP) is 15.8. The van der Waals surface area contributed by atoms with E-state index in [9.17, 15) is 0 Å². The summed E-state index contributed by atoms with van der Waals surface area (Å²) in [6.07, 6.45) is 9.55. The molecule has 7 rings (SSSR count).